The number of fused-ring (bicyclic) bond motifs is 1. The highest BCUT2D eigenvalue weighted by molar-refractivity contribution is 6.30. The van der Waals surface area contributed by atoms with Crippen molar-refractivity contribution in [2.45, 2.75) is 25.4 Å². The number of anilines is 1. The Labute approximate surface area is 150 Å². The van der Waals surface area contributed by atoms with Gasteiger partial charge in [-0.3, -0.25) is 9.69 Å². The van der Waals surface area contributed by atoms with E-state index in [0.717, 1.165) is 6.42 Å². The van der Waals surface area contributed by atoms with E-state index in [9.17, 15) is 4.79 Å². The van der Waals surface area contributed by atoms with Crippen molar-refractivity contribution in [3.05, 3.63) is 77.1 Å². The molecule has 1 aliphatic rings. The maximum Gasteiger partial charge on any atom is 0.260 e. The van der Waals surface area contributed by atoms with Crippen molar-refractivity contribution in [3.63, 3.8) is 0 Å². The Hall–Kier alpha value is -2.66. The Balaban J connectivity index is 1.73. The number of benzene rings is 2. The van der Waals surface area contributed by atoms with Crippen LogP contribution >= 0.6 is 11.6 Å². The van der Waals surface area contributed by atoms with Gasteiger partial charge in [-0.2, -0.15) is 10.1 Å². The molecule has 1 amide bonds. The lowest BCUT2D eigenvalue weighted by Crippen LogP contribution is -2.46. The summed E-state index contributed by atoms with van der Waals surface area (Å²) in [5.74, 6) is 0.484. The lowest BCUT2D eigenvalue weighted by atomic mass is 9.97. The van der Waals surface area contributed by atoms with E-state index in [-0.39, 0.29) is 18.0 Å². The van der Waals surface area contributed by atoms with Crippen molar-refractivity contribution in [1.82, 2.24) is 14.8 Å². The maximum atomic E-state index is 13.0. The van der Waals surface area contributed by atoms with Gasteiger partial charge in [-0.1, -0.05) is 41.9 Å². The molecule has 25 heavy (non-hydrogen) atoms. The predicted octanol–water partition coefficient (Wildman–Crippen LogP) is 3.96. The van der Waals surface area contributed by atoms with Gasteiger partial charge in [-0.25, -0.2) is 4.68 Å². The van der Waals surface area contributed by atoms with E-state index in [1.807, 2.05) is 29.8 Å². The van der Waals surface area contributed by atoms with E-state index in [1.54, 1.807) is 29.2 Å². The molecule has 0 saturated heterocycles. The van der Waals surface area contributed by atoms with Gasteiger partial charge in [0.25, 0.3) is 5.91 Å². The molecule has 0 fully saturated rings. The van der Waals surface area contributed by atoms with Crippen LogP contribution in [0.15, 0.2) is 60.9 Å². The smallest absolute Gasteiger partial charge is 0.260 e. The van der Waals surface area contributed by atoms with Crippen LogP contribution in [0.3, 0.4) is 0 Å². The van der Waals surface area contributed by atoms with Gasteiger partial charge in [0, 0.05) is 16.6 Å². The Bertz CT molecular complexity index is 891. The standard InChI is InChI=1S/C19H17ClN4O/c1-13-11-17(14-5-3-2-4-6-14)24-19(21-12-22-24)23(13)18(25)15-7-9-16(20)10-8-15/h2-10,12-13,17H,11H2,1H3. The Morgan fingerprint density at radius 1 is 1.12 bits per heavy atom. The van der Waals surface area contributed by atoms with Crippen molar-refractivity contribution in [2.24, 2.45) is 0 Å². The number of carbonyl (C=O) groups excluding carboxylic acids is 1. The average Bonchev–Trinajstić information content (AvgIpc) is 3.11. The molecule has 6 heteroatoms. The van der Waals surface area contributed by atoms with Gasteiger partial charge in [0.15, 0.2) is 0 Å². The van der Waals surface area contributed by atoms with Crippen LogP contribution in [-0.4, -0.2) is 26.7 Å². The minimum absolute atomic E-state index is 0.00471. The lowest BCUT2D eigenvalue weighted by Gasteiger charge is -2.37. The van der Waals surface area contributed by atoms with Crippen LogP contribution in [0.4, 0.5) is 5.95 Å². The minimum Gasteiger partial charge on any atom is -0.274 e. The molecule has 2 atom stereocenters. The predicted molar refractivity (Wildman–Crippen MR) is 96.9 cm³/mol. The fourth-order valence-corrected chi connectivity index (χ4v) is 3.46. The first-order valence-corrected chi connectivity index (χ1v) is 8.56. The molecule has 0 aliphatic carbocycles. The molecule has 0 radical (unpaired) electrons. The number of nitrogens with zero attached hydrogens (tertiary/aromatic N) is 4. The molecule has 5 nitrogen and oxygen atoms in total. The quantitative estimate of drug-likeness (QED) is 0.701. The van der Waals surface area contributed by atoms with E-state index in [0.29, 0.717) is 16.5 Å². The van der Waals surface area contributed by atoms with Gasteiger partial charge in [-0.15, -0.1) is 0 Å². The van der Waals surface area contributed by atoms with E-state index in [1.165, 1.54) is 11.9 Å². The molecule has 2 heterocycles. The van der Waals surface area contributed by atoms with Crippen LogP contribution in [0.5, 0.6) is 0 Å². The van der Waals surface area contributed by atoms with E-state index in [4.69, 9.17) is 11.6 Å². The number of amides is 1. The van der Waals surface area contributed by atoms with Gasteiger partial charge in [0.1, 0.15) is 6.33 Å². The van der Waals surface area contributed by atoms with Gasteiger partial charge in [0.05, 0.1) is 6.04 Å². The summed E-state index contributed by atoms with van der Waals surface area (Å²) in [7, 11) is 0. The van der Waals surface area contributed by atoms with Crippen molar-refractivity contribution in [1.29, 1.82) is 0 Å². The number of aromatic nitrogens is 3. The summed E-state index contributed by atoms with van der Waals surface area (Å²) in [6.45, 7) is 2.04. The zero-order valence-corrected chi connectivity index (χ0v) is 14.5. The summed E-state index contributed by atoms with van der Waals surface area (Å²) < 4.78 is 1.84. The topological polar surface area (TPSA) is 51.0 Å². The Morgan fingerprint density at radius 3 is 2.56 bits per heavy atom. The molecule has 4 rings (SSSR count). The van der Waals surface area contributed by atoms with Crippen LogP contribution in [0.2, 0.25) is 5.02 Å². The highest BCUT2D eigenvalue weighted by Crippen LogP contribution is 2.35. The molecule has 2 unspecified atom stereocenters. The third-order valence-corrected chi connectivity index (χ3v) is 4.82. The molecule has 0 N–H and O–H groups in total. The van der Waals surface area contributed by atoms with Crippen molar-refractivity contribution in [3.8, 4) is 0 Å². The van der Waals surface area contributed by atoms with E-state index < -0.39 is 0 Å². The van der Waals surface area contributed by atoms with Crippen molar-refractivity contribution in [2.75, 3.05) is 4.90 Å². The fraction of sp³-hybridized carbons (Fsp3) is 0.211. The molecule has 3 aromatic rings. The molecule has 0 spiro atoms. The van der Waals surface area contributed by atoms with Crippen molar-refractivity contribution < 1.29 is 4.79 Å². The van der Waals surface area contributed by atoms with Crippen LogP contribution in [0.1, 0.15) is 35.3 Å². The van der Waals surface area contributed by atoms with Crippen molar-refractivity contribution >= 4 is 23.5 Å². The summed E-state index contributed by atoms with van der Waals surface area (Å²) in [4.78, 5) is 19.1. The first kappa shape index (κ1) is 15.8. The van der Waals surface area contributed by atoms with E-state index in [2.05, 4.69) is 22.2 Å². The second kappa shape index (κ2) is 6.33. The Morgan fingerprint density at radius 2 is 1.84 bits per heavy atom. The third kappa shape index (κ3) is 2.81. The summed E-state index contributed by atoms with van der Waals surface area (Å²) in [5.41, 5.74) is 1.75. The number of halogens is 1. The average molecular weight is 353 g/mol. The monoisotopic (exact) mass is 352 g/mol. The number of hydrogen-bond donors (Lipinski definition) is 0. The summed E-state index contributed by atoms with van der Waals surface area (Å²) >= 11 is 5.93. The maximum absolute atomic E-state index is 13.0. The fourth-order valence-electron chi connectivity index (χ4n) is 3.34. The van der Waals surface area contributed by atoms with Gasteiger partial charge in [0.2, 0.25) is 5.95 Å². The molecule has 1 aliphatic heterocycles. The number of hydrogen-bond acceptors (Lipinski definition) is 3. The first-order valence-electron chi connectivity index (χ1n) is 8.18. The zero-order chi connectivity index (χ0) is 17.4. The zero-order valence-electron chi connectivity index (χ0n) is 13.7. The minimum atomic E-state index is -0.0927. The van der Waals surface area contributed by atoms with E-state index >= 15 is 0 Å². The molecule has 0 bridgehead atoms. The summed E-state index contributed by atoms with van der Waals surface area (Å²) in [6.07, 6.45) is 2.28. The summed E-state index contributed by atoms with van der Waals surface area (Å²) in [5, 5.41) is 4.99. The number of carbonyl (C=O) groups is 1. The molecular weight excluding hydrogens is 336 g/mol. The van der Waals surface area contributed by atoms with Gasteiger partial charge in [-0.05, 0) is 43.2 Å². The van der Waals surface area contributed by atoms with Crippen LogP contribution in [-0.2, 0) is 0 Å². The largest absolute Gasteiger partial charge is 0.274 e. The molecular formula is C19H17ClN4O. The van der Waals surface area contributed by atoms with Crippen LogP contribution in [0, 0.1) is 0 Å². The first-order chi connectivity index (χ1) is 12.1. The van der Waals surface area contributed by atoms with Gasteiger partial charge >= 0.3 is 0 Å². The highest BCUT2D eigenvalue weighted by atomic mass is 35.5. The molecule has 2 aromatic carbocycles. The second-order valence-electron chi connectivity index (χ2n) is 6.20. The molecule has 1 aromatic heterocycles. The van der Waals surface area contributed by atoms with Crippen LogP contribution in [0.25, 0.3) is 0 Å². The molecule has 126 valence electrons. The van der Waals surface area contributed by atoms with Crippen LogP contribution < -0.4 is 4.90 Å². The normalized spacial score (nSPS) is 19.5. The third-order valence-electron chi connectivity index (χ3n) is 4.56. The SMILES string of the molecule is CC1CC(c2ccccc2)n2ncnc2N1C(=O)c1ccc(Cl)cc1. The lowest BCUT2D eigenvalue weighted by molar-refractivity contribution is 0.0966. The summed E-state index contributed by atoms with van der Waals surface area (Å²) in [6, 6.07) is 17.2. The molecule has 0 saturated carbocycles. The second-order valence-corrected chi connectivity index (χ2v) is 6.63. The van der Waals surface area contributed by atoms with Gasteiger partial charge < -0.3 is 0 Å². The number of rotatable bonds is 2. The Kier molecular flexibility index (Phi) is 4.01. The highest BCUT2D eigenvalue weighted by Gasteiger charge is 2.36.